The zero-order valence-electron chi connectivity index (χ0n) is 15.1. The molecule has 0 saturated carbocycles. The lowest BCUT2D eigenvalue weighted by molar-refractivity contribution is -0.117. The van der Waals surface area contributed by atoms with Crippen LogP contribution in [0, 0.1) is 0 Å². The zero-order valence-corrected chi connectivity index (χ0v) is 15.1. The van der Waals surface area contributed by atoms with Gasteiger partial charge in [-0.05, 0) is 44.3 Å². The average Bonchev–Trinajstić information content (AvgIpc) is 3.04. The molecule has 6 nitrogen and oxygen atoms in total. The Morgan fingerprint density at radius 3 is 2.88 bits per heavy atom. The summed E-state index contributed by atoms with van der Waals surface area (Å²) in [6, 6.07) is 15.1. The van der Waals surface area contributed by atoms with Crippen molar-refractivity contribution in [2.75, 3.05) is 32.6 Å². The van der Waals surface area contributed by atoms with Gasteiger partial charge >= 0.3 is 0 Å². The van der Waals surface area contributed by atoms with Crippen molar-refractivity contribution in [3.05, 3.63) is 54.4 Å². The van der Waals surface area contributed by atoms with Gasteiger partial charge in [-0.2, -0.15) is 0 Å². The standard InChI is InChI=1S/C20H23N3O3/c1-23(14-19(24)21-15-7-5-8-16(13-15)25-2)12-6-11-20-22-17-9-3-4-10-18(17)26-20/h3-5,7-10,13H,6,11-12,14H2,1-2H3,(H,21,24). The monoisotopic (exact) mass is 353 g/mol. The van der Waals surface area contributed by atoms with Crippen LogP contribution < -0.4 is 10.1 Å². The molecule has 0 aliphatic rings. The molecule has 0 atom stereocenters. The van der Waals surface area contributed by atoms with E-state index in [2.05, 4.69) is 10.3 Å². The molecule has 0 radical (unpaired) electrons. The van der Waals surface area contributed by atoms with Crippen molar-refractivity contribution < 1.29 is 13.9 Å². The minimum Gasteiger partial charge on any atom is -0.497 e. The largest absolute Gasteiger partial charge is 0.497 e. The van der Waals surface area contributed by atoms with E-state index in [4.69, 9.17) is 9.15 Å². The summed E-state index contributed by atoms with van der Waals surface area (Å²) in [4.78, 5) is 18.6. The quantitative estimate of drug-likeness (QED) is 0.673. The lowest BCUT2D eigenvalue weighted by Gasteiger charge is -2.16. The third-order valence-electron chi connectivity index (χ3n) is 4.04. The summed E-state index contributed by atoms with van der Waals surface area (Å²) < 4.78 is 10.9. The molecule has 1 aromatic heterocycles. The van der Waals surface area contributed by atoms with E-state index in [9.17, 15) is 4.79 Å². The molecule has 1 heterocycles. The number of nitrogens with one attached hydrogen (secondary N) is 1. The fraction of sp³-hybridized carbons (Fsp3) is 0.300. The van der Waals surface area contributed by atoms with Crippen LogP contribution in [0.1, 0.15) is 12.3 Å². The number of aromatic nitrogens is 1. The molecule has 2 aromatic carbocycles. The van der Waals surface area contributed by atoms with Gasteiger partial charge in [0.1, 0.15) is 11.3 Å². The van der Waals surface area contributed by atoms with Crippen LogP contribution >= 0.6 is 0 Å². The van der Waals surface area contributed by atoms with Crippen molar-refractivity contribution in [1.82, 2.24) is 9.88 Å². The summed E-state index contributed by atoms with van der Waals surface area (Å²) in [6.07, 6.45) is 1.62. The number of aryl methyl sites for hydroxylation is 1. The fourth-order valence-electron chi connectivity index (χ4n) is 2.75. The summed E-state index contributed by atoms with van der Waals surface area (Å²) in [5, 5.41) is 2.88. The van der Waals surface area contributed by atoms with Crippen LogP contribution in [0.15, 0.2) is 52.9 Å². The van der Waals surface area contributed by atoms with Crippen LogP contribution in [0.4, 0.5) is 5.69 Å². The van der Waals surface area contributed by atoms with Gasteiger partial charge in [0.15, 0.2) is 11.5 Å². The first-order valence-corrected chi connectivity index (χ1v) is 8.61. The lowest BCUT2D eigenvalue weighted by atomic mass is 10.3. The Bertz CT molecular complexity index is 842. The topological polar surface area (TPSA) is 67.6 Å². The molecule has 1 N–H and O–H groups in total. The second-order valence-corrected chi connectivity index (χ2v) is 6.20. The van der Waals surface area contributed by atoms with Crippen LogP contribution in [0.25, 0.3) is 11.1 Å². The molecule has 0 bridgehead atoms. The Balaban J connectivity index is 1.43. The van der Waals surface area contributed by atoms with E-state index in [-0.39, 0.29) is 5.91 Å². The van der Waals surface area contributed by atoms with E-state index in [0.717, 1.165) is 47.8 Å². The highest BCUT2D eigenvalue weighted by atomic mass is 16.5. The summed E-state index contributed by atoms with van der Waals surface area (Å²) in [6.45, 7) is 1.11. The number of amides is 1. The van der Waals surface area contributed by atoms with Crippen molar-refractivity contribution in [3.8, 4) is 5.75 Å². The van der Waals surface area contributed by atoms with Crippen LogP contribution in [-0.4, -0.2) is 43.0 Å². The lowest BCUT2D eigenvalue weighted by Crippen LogP contribution is -2.31. The maximum absolute atomic E-state index is 12.1. The van der Waals surface area contributed by atoms with Crippen molar-refractivity contribution in [1.29, 1.82) is 0 Å². The molecule has 0 saturated heterocycles. The van der Waals surface area contributed by atoms with Gasteiger partial charge in [-0.25, -0.2) is 4.98 Å². The average molecular weight is 353 g/mol. The number of carbonyl (C=O) groups is 1. The number of nitrogens with zero attached hydrogens (tertiary/aromatic N) is 2. The first-order chi connectivity index (χ1) is 12.6. The second kappa shape index (κ2) is 8.49. The van der Waals surface area contributed by atoms with Gasteiger partial charge in [0.2, 0.25) is 5.91 Å². The highest BCUT2D eigenvalue weighted by Gasteiger charge is 2.09. The zero-order chi connectivity index (χ0) is 18.4. The van der Waals surface area contributed by atoms with Gasteiger partial charge in [-0.3, -0.25) is 9.69 Å². The molecule has 0 fully saturated rings. The van der Waals surface area contributed by atoms with Crippen LogP contribution in [-0.2, 0) is 11.2 Å². The molecule has 3 aromatic rings. The molecular formula is C20H23N3O3. The highest BCUT2D eigenvalue weighted by molar-refractivity contribution is 5.92. The molecule has 0 aliphatic heterocycles. The van der Waals surface area contributed by atoms with E-state index in [0.29, 0.717) is 6.54 Å². The number of rotatable bonds is 8. The maximum atomic E-state index is 12.1. The normalized spacial score (nSPS) is 11.0. The highest BCUT2D eigenvalue weighted by Crippen LogP contribution is 2.17. The van der Waals surface area contributed by atoms with Gasteiger partial charge in [0, 0.05) is 18.2 Å². The van der Waals surface area contributed by atoms with E-state index in [1.165, 1.54) is 0 Å². The molecule has 0 aliphatic carbocycles. The number of para-hydroxylation sites is 2. The number of anilines is 1. The van der Waals surface area contributed by atoms with Crippen molar-refractivity contribution in [2.45, 2.75) is 12.8 Å². The predicted molar refractivity (Wildman–Crippen MR) is 101 cm³/mol. The molecule has 6 heteroatoms. The van der Waals surface area contributed by atoms with E-state index < -0.39 is 0 Å². The van der Waals surface area contributed by atoms with Crippen LogP contribution in [0.5, 0.6) is 5.75 Å². The number of benzene rings is 2. The molecular weight excluding hydrogens is 330 g/mol. The number of ether oxygens (including phenoxy) is 1. The van der Waals surface area contributed by atoms with Gasteiger partial charge in [-0.15, -0.1) is 0 Å². The van der Waals surface area contributed by atoms with E-state index in [1.54, 1.807) is 13.2 Å². The Labute approximate surface area is 152 Å². The van der Waals surface area contributed by atoms with E-state index in [1.807, 2.05) is 54.4 Å². The van der Waals surface area contributed by atoms with Crippen molar-refractivity contribution in [2.24, 2.45) is 0 Å². The summed E-state index contributed by atoms with van der Waals surface area (Å²) >= 11 is 0. The minimum atomic E-state index is -0.0531. The van der Waals surface area contributed by atoms with Gasteiger partial charge < -0.3 is 14.5 Å². The van der Waals surface area contributed by atoms with Gasteiger partial charge in [-0.1, -0.05) is 18.2 Å². The van der Waals surface area contributed by atoms with Gasteiger partial charge in [0.25, 0.3) is 0 Å². The number of methoxy groups -OCH3 is 1. The third-order valence-corrected chi connectivity index (χ3v) is 4.04. The van der Waals surface area contributed by atoms with Crippen molar-refractivity contribution in [3.63, 3.8) is 0 Å². The van der Waals surface area contributed by atoms with E-state index >= 15 is 0 Å². The number of hydrogen-bond donors (Lipinski definition) is 1. The minimum absolute atomic E-state index is 0.0531. The second-order valence-electron chi connectivity index (χ2n) is 6.20. The Hall–Kier alpha value is -2.86. The molecule has 26 heavy (non-hydrogen) atoms. The molecule has 0 spiro atoms. The molecule has 3 rings (SSSR count). The summed E-state index contributed by atoms with van der Waals surface area (Å²) in [5.41, 5.74) is 2.43. The number of carbonyl (C=O) groups excluding carboxylic acids is 1. The van der Waals surface area contributed by atoms with Crippen molar-refractivity contribution >= 4 is 22.7 Å². The number of oxazole rings is 1. The van der Waals surface area contributed by atoms with Gasteiger partial charge in [0.05, 0.1) is 13.7 Å². The first kappa shape index (κ1) is 17.9. The molecule has 0 unspecified atom stereocenters. The summed E-state index contributed by atoms with van der Waals surface area (Å²) in [7, 11) is 3.53. The SMILES string of the molecule is COc1cccc(NC(=O)CN(C)CCCc2nc3ccccc3o2)c1. The number of likely N-dealkylation sites (N-methyl/N-ethyl adjacent to an activating group) is 1. The Morgan fingerprint density at radius 1 is 1.23 bits per heavy atom. The smallest absolute Gasteiger partial charge is 0.238 e. The first-order valence-electron chi connectivity index (χ1n) is 8.61. The molecule has 136 valence electrons. The predicted octanol–water partition coefficient (Wildman–Crippen LogP) is 3.34. The Kier molecular flexibility index (Phi) is 5.86. The fourth-order valence-corrected chi connectivity index (χ4v) is 2.75. The summed E-state index contributed by atoms with van der Waals surface area (Å²) in [5.74, 6) is 1.40. The van der Waals surface area contributed by atoms with Crippen LogP contribution in [0.3, 0.4) is 0 Å². The third kappa shape index (κ3) is 4.83. The molecule has 1 amide bonds. The number of fused-ring (bicyclic) bond motifs is 1. The Morgan fingerprint density at radius 2 is 2.08 bits per heavy atom. The number of hydrogen-bond acceptors (Lipinski definition) is 5. The van der Waals surface area contributed by atoms with Crippen LogP contribution in [0.2, 0.25) is 0 Å². The maximum Gasteiger partial charge on any atom is 0.238 e.